The maximum Gasteiger partial charge on any atom is 0.407 e. The number of nitrogens with zero attached hydrogens (tertiary/aromatic N) is 5. The number of rotatable bonds is 9. The molecule has 1 aliphatic carbocycles. The lowest BCUT2D eigenvalue weighted by molar-refractivity contribution is -0.135. The predicted molar refractivity (Wildman–Crippen MR) is 217 cm³/mol. The molecule has 0 bridgehead atoms. The van der Waals surface area contributed by atoms with E-state index in [1.807, 2.05) is 62.6 Å². The van der Waals surface area contributed by atoms with Crippen LogP contribution in [0.1, 0.15) is 73.9 Å². The second kappa shape index (κ2) is 16.3. The number of benzene rings is 2. The lowest BCUT2D eigenvalue weighted by Gasteiger charge is -2.31. The quantitative estimate of drug-likeness (QED) is 0.133. The van der Waals surface area contributed by atoms with Crippen LogP contribution in [0, 0.1) is 23.2 Å². The highest BCUT2D eigenvalue weighted by molar-refractivity contribution is 5.89. The highest BCUT2D eigenvalue weighted by Gasteiger charge is 2.43. The van der Waals surface area contributed by atoms with Crippen molar-refractivity contribution in [3.8, 4) is 39.7 Å². The van der Waals surface area contributed by atoms with Gasteiger partial charge in [-0.25, -0.2) is 19.6 Å². The van der Waals surface area contributed by atoms with Crippen molar-refractivity contribution in [3.63, 3.8) is 0 Å². The van der Waals surface area contributed by atoms with Crippen molar-refractivity contribution in [1.29, 1.82) is 5.26 Å². The van der Waals surface area contributed by atoms with E-state index in [-0.39, 0.29) is 42.0 Å². The summed E-state index contributed by atoms with van der Waals surface area (Å²) in [6.07, 6.45) is 6.59. The maximum absolute atomic E-state index is 13.8. The first-order valence-electron chi connectivity index (χ1n) is 20.0. The van der Waals surface area contributed by atoms with Gasteiger partial charge < -0.3 is 39.5 Å². The Balaban J connectivity index is 0.942. The van der Waals surface area contributed by atoms with E-state index in [1.54, 1.807) is 11.1 Å². The molecule has 1 fully saturated rings. The molecule has 3 aromatic heterocycles. The lowest BCUT2D eigenvalue weighted by Crippen LogP contribution is -2.51. The van der Waals surface area contributed by atoms with E-state index >= 15 is 0 Å². The minimum Gasteiger partial charge on any atom is -0.453 e. The number of nitriles is 1. The van der Waals surface area contributed by atoms with Crippen molar-refractivity contribution in [3.05, 3.63) is 96.1 Å². The predicted octanol–water partition coefficient (Wildman–Crippen LogP) is 6.24. The van der Waals surface area contributed by atoms with Crippen LogP contribution in [-0.4, -0.2) is 86.1 Å². The van der Waals surface area contributed by atoms with Gasteiger partial charge in [-0.1, -0.05) is 62.4 Å². The van der Waals surface area contributed by atoms with Crippen LogP contribution in [0.5, 0.6) is 0 Å². The highest BCUT2D eigenvalue weighted by Crippen LogP contribution is 2.40. The molecular formula is C44H47N9O6. The van der Waals surface area contributed by atoms with Gasteiger partial charge in [-0.3, -0.25) is 9.59 Å². The maximum atomic E-state index is 13.8. The number of carbonyl (C=O) groups excluding carboxylic acids is 4. The number of carbonyl (C=O) groups is 4. The minimum atomic E-state index is -0.808. The molecule has 6 atom stereocenters. The standard InChI is InChI=1S/C44H47N9O6/c1-24(2)38(51-44(57)59-4)42(55)53-22-25(19-45)17-35(53)41-47-21-34(49-41)29-11-7-27(8-12-29)26-5-9-28(10-6-26)33-20-46-40(48-33)31-18-36(54)37-32(50-43(56)58-3)14-13-30-15-16-52(23-31)39(30)37/h5-12,15-16,20-21,24-25,31-32,35,37-38H,13-14,17-18,22-23H2,1-4H3,(H,46,48)(H,47,49)(H,50,56)(H,51,57)/t25-,31+,32+,35+,37?,38+/m1/s1. The van der Waals surface area contributed by atoms with Gasteiger partial charge in [0.2, 0.25) is 5.91 Å². The molecule has 59 heavy (non-hydrogen) atoms. The molecule has 4 N–H and O–H groups in total. The Morgan fingerprint density at radius 1 is 0.864 bits per heavy atom. The van der Waals surface area contributed by atoms with Gasteiger partial charge in [0.1, 0.15) is 23.5 Å². The number of ketones is 1. The molecule has 304 valence electrons. The van der Waals surface area contributed by atoms with Gasteiger partial charge in [-0.05, 0) is 59.1 Å². The molecule has 5 heterocycles. The summed E-state index contributed by atoms with van der Waals surface area (Å²) < 4.78 is 11.8. The Labute approximate surface area is 341 Å². The molecule has 8 rings (SSSR count). The molecule has 1 saturated heterocycles. The van der Waals surface area contributed by atoms with Gasteiger partial charge in [-0.2, -0.15) is 5.26 Å². The average Bonchev–Trinajstić information content (AvgIpc) is 4.08. The molecule has 3 aliphatic rings. The fourth-order valence-corrected chi connectivity index (χ4v) is 8.88. The molecule has 0 saturated carbocycles. The zero-order valence-electron chi connectivity index (χ0n) is 33.4. The van der Waals surface area contributed by atoms with Crippen molar-refractivity contribution < 1.29 is 28.7 Å². The number of aromatic nitrogens is 5. The second-order valence-corrected chi connectivity index (χ2v) is 15.9. The van der Waals surface area contributed by atoms with Gasteiger partial charge in [0, 0.05) is 43.4 Å². The van der Waals surface area contributed by atoms with Crippen LogP contribution in [0.25, 0.3) is 33.6 Å². The summed E-state index contributed by atoms with van der Waals surface area (Å²) in [6, 6.07) is 19.1. The van der Waals surface area contributed by atoms with Crippen LogP contribution in [0.4, 0.5) is 9.59 Å². The summed E-state index contributed by atoms with van der Waals surface area (Å²) in [5.41, 5.74) is 7.72. The number of likely N-dealkylation sites (tertiary alicyclic amines) is 1. The van der Waals surface area contributed by atoms with Crippen LogP contribution < -0.4 is 10.6 Å². The molecule has 1 unspecified atom stereocenters. The SMILES string of the molecule is COC(=O)N[C@H]1CCc2ccn3c2C1C(=O)C[C@H](c1ncc(-c2ccc(-c4ccc(-c5cnc([C@@H]6C[C@H](C#N)CN6C(=O)[C@@H](NC(=O)OC)C(C)C)[nH]5)cc4)cc2)[nH]1)C3. The summed E-state index contributed by atoms with van der Waals surface area (Å²) in [4.78, 5) is 69.5. The minimum absolute atomic E-state index is 0.0865. The van der Waals surface area contributed by atoms with Gasteiger partial charge in [0.05, 0.1) is 61.9 Å². The molecular weight excluding hydrogens is 751 g/mol. The number of hydrogen-bond acceptors (Lipinski definition) is 9. The van der Waals surface area contributed by atoms with E-state index in [1.165, 1.54) is 14.2 Å². The summed E-state index contributed by atoms with van der Waals surface area (Å²) in [6.45, 7) is 4.55. The third-order valence-corrected chi connectivity index (χ3v) is 12.0. The number of hydrogen-bond donors (Lipinski definition) is 4. The van der Waals surface area contributed by atoms with Crippen LogP contribution >= 0.6 is 0 Å². The number of aromatic amines is 2. The molecule has 2 aromatic carbocycles. The van der Waals surface area contributed by atoms with Crippen molar-refractivity contribution >= 4 is 23.9 Å². The largest absolute Gasteiger partial charge is 0.453 e. The Morgan fingerprint density at radius 2 is 1.47 bits per heavy atom. The third-order valence-electron chi connectivity index (χ3n) is 12.0. The molecule has 3 amide bonds. The first-order chi connectivity index (χ1) is 28.5. The summed E-state index contributed by atoms with van der Waals surface area (Å²) >= 11 is 0. The number of amides is 3. The summed E-state index contributed by atoms with van der Waals surface area (Å²) in [5, 5.41) is 15.3. The van der Waals surface area contributed by atoms with Crippen molar-refractivity contribution in [2.45, 2.75) is 76.0 Å². The van der Waals surface area contributed by atoms with Gasteiger partial charge in [-0.15, -0.1) is 0 Å². The van der Waals surface area contributed by atoms with Gasteiger partial charge in [0.15, 0.2) is 0 Å². The summed E-state index contributed by atoms with van der Waals surface area (Å²) in [7, 11) is 2.59. The third kappa shape index (κ3) is 7.70. The lowest BCUT2D eigenvalue weighted by atomic mass is 9.79. The van der Waals surface area contributed by atoms with Crippen LogP contribution in [0.2, 0.25) is 0 Å². The normalized spacial score (nSPS) is 21.6. The molecule has 5 aromatic rings. The molecule has 2 aliphatic heterocycles. The van der Waals surface area contributed by atoms with E-state index in [2.05, 4.69) is 54.4 Å². The van der Waals surface area contributed by atoms with Crippen LogP contribution in [0.15, 0.2) is 73.2 Å². The smallest absolute Gasteiger partial charge is 0.407 e. The van der Waals surface area contributed by atoms with Gasteiger partial charge >= 0.3 is 12.2 Å². The van der Waals surface area contributed by atoms with E-state index in [9.17, 15) is 24.4 Å². The Morgan fingerprint density at radius 3 is 2.08 bits per heavy atom. The number of imidazole rings is 2. The van der Waals surface area contributed by atoms with E-state index in [4.69, 9.17) is 14.5 Å². The second-order valence-electron chi connectivity index (χ2n) is 15.9. The van der Waals surface area contributed by atoms with Crippen molar-refractivity contribution in [2.75, 3.05) is 20.8 Å². The molecule has 0 radical (unpaired) electrons. The Bertz CT molecular complexity index is 2410. The van der Waals surface area contributed by atoms with Crippen molar-refractivity contribution in [1.82, 2.24) is 40.0 Å². The number of H-pyrrole nitrogens is 2. The first-order valence-corrected chi connectivity index (χ1v) is 20.0. The molecule has 0 spiro atoms. The molecule has 15 nitrogen and oxygen atoms in total. The fourth-order valence-electron chi connectivity index (χ4n) is 8.88. The number of Topliss-reactive ketones (excluding diaryl/α,β-unsaturated/α-hetero) is 1. The monoisotopic (exact) mass is 797 g/mol. The highest BCUT2D eigenvalue weighted by atomic mass is 16.5. The topological polar surface area (TPSA) is 200 Å². The Kier molecular flexibility index (Phi) is 10.8. The zero-order valence-corrected chi connectivity index (χ0v) is 33.4. The first kappa shape index (κ1) is 39.2. The van der Waals surface area contributed by atoms with E-state index in [0.29, 0.717) is 31.6 Å². The average molecular weight is 798 g/mol. The van der Waals surface area contributed by atoms with Crippen LogP contribution in [-0.2, 0) is 32.0 Å². The van der Waals surface area contributed by atoms with Crippen molar-refractivity contribution in [2.24, 2.45) is 11.8 Å². The summed E-state index contributed by atoms with van der Waals surface area (Å²) in [5.74, 6) is 0.000998. The van der Waals surface area contributed by atoms with Gasteiger partial charge in [0.25, 0.3) is 0 Å². The van der Waals surface area contributed by atoms with E-state index < -0.39 is 30.2 Å². The number of nitrogens with one attached hydrogen (secondary N) is 4. The number of aryl methyl sites for hydroxylation is 1. The van der Waals surface area contributed by atoms with Crippen LogP contribution in [0.3, 0.4) is 0 Å². The Hall–Kier alpha value is -6.69. The number of alkyl carbamates (subject to hydrolysis) is 2. The zero-order chi connectivity index (χ0) is 41.4. The number of methoxy groups -OCH3 is 2. The van der Waals surface area contributed by atoms with E-state index in [0.717, 1.165) is 57.1 Å². The molecule has 15 heteroatoms. The number of ether oxygens (including phenoxy) is 2. The fraction of sp³-hybridized carbons (Fsp3) is 0.386.